The fourth-order valence-electron chi connectivity index (χ4n) is 2.46. The standard InChI is InChI=1S/C17H22IN3/c1-10(2)9-13-15(18)17(19-5)21-16(20-13)14-11(3)7-6-8-12(14)4/h6-8,10H,9H2,1-5H3,(H,19,20,21). The number of anilines is 1. The molecule has 1 N–H and O–H groups in total. The number of rotatable bonds is 4. The minimum Gasteiger partial charge on any atom is -0.372 e. The van der Waals surface area contributed by atoms with Crippen LogP contribution in [0, 0.1) is 23.3 Å². The van der Waals surface area contributed by atoms with Crippen LogP contribution in [-0.4, -0.2) is 17.0 Å². The third-order valence-electron chi connectivity index (χ3n) is 3.46. The van der Waals surface area contributed by atoms with Gasteiger partial charge in [-0.1, -0.05) is 32.0 Å². The molecule has 1 aromatic heterocycles. The van der Waals surface area contributed by atoms with E-state index in [0.29, 0.717) is 5.92 Å². The SMILES string of the molecule is CNc1nc(-c2c(C)cccc2C)nc(CC(C)C)c1I. The highest BCUT2D eigenvalue weighted by Crippen LogP contribution is 2.29. The lowest BCUT2D eigenvalue weighted by Gasteiger charge is -2.15. The number of nitrogens with zero attached hydrogens (tertiary/aromatic N) is 2. The molecule has 0 aliphatic rings. The smallest absolute Gasteiger partial charge is 0.162 e. The van der Waals surface area contributed by atoms with E-state index >= 15 is 0 Å². The Labute approximate surface area is 140 Å². The van der Waals surface area contributed by atoms with Crippen molar-refractivity contribution in [2.75, 3.05) is 12.4 Å². The Hall–Kier alpha value is -1.17. The van der Waals surface area contributed by atoms with Gasteiger partial charge in [-0.3, -0.25) is 0 Å². The highest BCUT2D eigenvalue weighted by Gasteiger charge is 2.16. The maximum atomic E-state index is 4.85. The molecule has 0 atom stereocenters. The van der Waals surface area contributed by atoms with E-state index in [2.05, 4.69) is 73.8 Å². The van der Waals surface area contributed by atoms with Gasteiger partial charge in [-0.15, -0.1) is 0 Å². The average molecular weight is 395 g/mol. The van der Waals surface area contributed by atoms with Gasteiger partial charge in [0.25, 0.3) is 0 Å². The summed E-state index contributed by atoms with van der Waals surface area (Å²) in [5, 5.41) is 3.20. The summed E-state index contributed by atoms with van der Waals surface area (Å²) >= 11 is 2.34. The van der Waals surface area contributed by atoms with Crippen LogP contribution in [0.2, 0.25) is 0 Å². The normalized spacial score (nSPS) is 11.0. The number of halogens is 1. The van der Waals surface area contributed by atoms with E-state index in [1.54, 1.807) is 0 Å². The second-order valence-corrected chi connectivity index (χ2v) is 6.85. The fraction of sp³-hybridized carbons (Fsp3) is 0.412. The van der Waals surface area contributed by atoms with E-state index < -0.39 is 0 Å². The first-order valence-corrected chi connectivity index (χ1v) is 8.32. The molecule has 2 aromatic rings. The highest BCUT2D eigenvalue weighted by molar-refractivity contribution is 14.1. The first kappa shape index (κ1) is 16.2. The summed E-state index contributed by atoms with van der Waals surface area (Å²) in [6.45, 7) is 8.67. The van der Waals surface area contributed by atoms with E-state index in [1.807, 2.05) is 7.05 Å². The molecular weight excluding hydrogens is 373 g/mol. The molecule has 0 fully saturated rings. The Morgan fingerprint density at radius 3 is 2.29 bits per heavy atom. The molecule has 0 bridgehead atoms. The summed E-state index contributed by atoms with van der Waals surface area (Å²) in [5.41, 5.74) is 4.71. The van der Waals surface area contributed by atoms with Crippen molar-refractivity contribution in [3.63, 3.8) is 0 Å². The molecule has 21 heavy (non-hydrogen) atoms. The van der Waals surface area contributed by atoms with Crippen molar-refractivity contribution >= 4 is 28.4 Å². The molecule has 112 valence electrons. The van der Waals surface area contributed by atoms with Crippen molar-refractivity contribution in [2.24, 2.45) is 5.92 Å². The Morgan fingerprint density at radius 1 is 1.14 bits per heavy atom. The highest BCUT2D eigenvalue weighted by atomic mass is 127. The number of hydrogen-bond acceptors (Lipinski definition) is 3. The van der Waals surface area contributed by atoms with Crippen LogP contribution in [0.1, 0.15) is 30.7 Å². The molecule has 0 radical (unpaired) electrons. The minimum absolute atomic E-state index is 0.573. The van der Waals surface area contributed by atoms with Crippen LogP contribution in [-0.2, 0) is 6.42 Å². The molecular formula is C17H22IN3. The monoisotopic (exact) mass is 395 g/mol. The first-order valence-electron chi connectivity index (χ1n) is 7.24. The van der Waals surface area contributed by atoms with Gasteiger partial charge >= 0.3 is 0 Å². The van der Waals surface area contributed by atoms with Crippen molar-refractivity contribution in [2.45, 2.75) is 34.1 Å². The van der Waals surface area contributed by atoms with Gasteiger partial charge in [-0.2, -0.15) is 0 Å². The predicted molar refractivity (Wildman–Crippen MR) is 97.7 cm³/mol. The third kappa shape index (κ3) is 3.54. The number of nitrogens with one attached hydrogen (secondary N) is 1. The Bertz CT molecular complexity index is 630. The molecule has 2 rings (SSSR count). The topological polar surface area (TPSA) is 37.8 Å². The Kier molecular flexibility index (Phi) is 5.19. The van der Waals surface area contributed by atoms with E-state index in [9.17, 15) is 0 Å². The largest absolute Gasteiger partial charge is 0.372 e. The quantitative estimate of drug-likeness (QED) is 0.769. The van der Waals surface area contributed by atoms with Gasteiger partial charge in [0.05, 0.1) is 9.26 Å². The molecule has 0 aliphatic carbocycles. The molecule has 0 amide bonds. The van der Waals surface area contributed by atoms with Gasteiger partial charge in [0, 0.05) is 12.6 Å². The molecule has 1 heterocycles. The molecule has 4 heteroatoms. The van der Waals surface area contributed by atoms with Crippen LogP contribution in [0.25, 0.3) is 11.4 Å². The van der Waals surface area contributed by atoms with Crippen LogP contribution in [0.5, 0.6) is 0 Å². The third-order valence-corrected chi connectivity index (χ3v) is 4.60. The van der Waals surface area contributed by atoms with E-state index in [4.69, 9.17) is 9.97 Å². The van der Waals surface area contributed by atoms with Gasteiger partial charge in [0.2, 0.25) is 0 Å². The van der Waals surface area contributed by atoms with Gasteiger partial charge in [0.15, 0.2) is 5.82 Å². The second-order valence-electron chi connectivity index (χ2n) is 5.77. The zero-order valence-electron chi connectivity index (χ0n) is 13.3. The lowest BCUT2D eigenvalue weighted by atomic mass is 10.0. The van der Waals surface area contributed by atoms with Crippen LogP contribution in [0.3, 0.4) is 0 Å². The summed E-state index contributed by atoms with van der Waals surface area (Å²) < 4.78 is 1.12. The summed E-state index contributed by atoms with van der Waals surface area (Å²) in [6.07, 6.45) is 0.966. The van der Waals surface area contributed by atoms with E-state index in [0.717, 1.165) is 32.9 Å². The maximum Gasteiger partial charge on any atom is 0.162 e. The lowest BCUT2D eigenvalue weighted by Crippen LogP contribution is -2.08. The number of benzene rings is 1. The van der Waals surface area contributed by atoms with E-state index in [-0.39, 0.29) is 0 Å². The molecule has 1 aromatic carbocycles. The molecule has 3 nitrogen and oxygen atoms in total. The van der Waals surface area contributed by atoms with Gasteiger partial charge < -0.3 is 5.32 Å². The van der Waals surface area contributed by atoms with Crippen molar-refractivity contribution < 1.29 is 0 Å². The van der Waals surface area contributed by atoms with Crippen LogP contribution >= 0.6 is 22.6 Å². The van der Waals surface area contributed by atoms with Gasteiger partial charge in [-0.05, 0) is 59.9 Å². The summed E-state index contributed by atoms with van der Waals surface area (Å²) in [5.74, 6) is 2.31. The van der Waals surface area contributed by atoms with Gasteiger partial charge in [-0.25, -0.2) is 9.97 Å². The lowest BCUT2D eigenvalue weighted by molar-refractivity contribution is 0.632. The molecule has 0 saturated carbocycles. The zero-order valence-corrected chi connectivity index (χ0v) is 15.4. The maximum absolute atomic E-state index is 4.85. The summed E-state index contributed by atoms with van der Waals surface area (Å²) in [4.78, 5) is 9.58. The van der Waals surface area contributed by atoms with Gasteiger partial charge in [0.1, 0.15) is 5.82 Å². The Balaban J connectivity index is 2.64. The summed E-state index contributed by atoms with van der Waals surface area (Å²) in [6, 6.07) is 6.31. The van der Waals surface area contributed by atoms with E-state index in [1.165, 1.54) is 11.1 Å². The fourth-order valence-corrected chi connectivity index (χ4v) is 3.19. The van der Waals surface area contributed by atoms with Crippen molar-refractivity contribution in [1.29, 1.82) is 0 Å². The van der Waals surface area contributed by atoms with Crippen molar-refractivity contribution in [1.82, 2.24) is 9.97 Å². The van der Waals surface area contributed by atoms with Crippen LogP contribution in [0.4, 0.5) is 5.82 Å². The molecule has 0 unspecified atom stereocenters. The minimum atomic E-state index is 0.573. The summed E-state index contributed by atoms with van der Waals surface area (Å²) in [7, 11) is 1.91. The first-order chi connectivity index (χ1) is 9.93. The predicted octanol–water partition coefficient (Wildman–Crippen LogP) is 4.61. The molecule has 0 spiro atoms. The zero-order chi connectivity index (χ0) is 15.6. The van der Waals surface area contributed by atoms with Crippen molar-refractivity contribution in [3.8, 4) is 11.4 Å². The van der Waals surface area contributed by atoms with Crippen molar-refractivity contribution in [3.05, 3.63) is 38.6 Å². The molecule has 0 saturated heterocycles. The van der Waals surface area contributed by atoms with Crippen LogP contribution < -0.4 is 5.32 Å². The average Bonchev–Trinajstić information content (AvgIpc) is 2.41. The number of aromatic nitrogens is 2. The second kappa shape index (κ2) is 6.73. The number of hydrogen-bond donors (Lipinski definition) is 1. The van der Waals surface area contributed by atoms with Crippen LogP contribution in [0.15, 0.2) is 18.2 Å². The Morgan fingerprint density at radius 2 is 1.76 bits per heavy atom. The molecule has 0 aliphatic heterocycles. The number of aryl methyl sites for hydroxylation is 2.